The van der Waals surface area contributed by atoms with Crippen LogP contribution in [0.25, 0.3) is 0 Å². The molecule has 3 rings (SSSR count). The SMILES string of the molecule is Cc1ccc(C)c([C@H](C)N[C@@H](C(=O)NC2CC2)c2ccc(F)cc2)c1. The maximum absolute atomic E-state index is 13.3. The van der Waals surface area contributed by atoms with Gasteiger partial charge in [-0.2, -0.15) is 0 Å². The van der Waals surface area contributed by atoms with E-state index in [1.165, 1.54) is 28.8 Å². The molecule has 1 saturated carbocycles. The van der Waals surface area contributed by atoms with E-state index < -0.39 is 6.04 Å². The van der Waals surface area contributed by atoms with Crippen LogP contribution in [0.1, 0.15) is 54.1 Å². The van der Waals surface area contributed by atoms with Crippen molar-refractivity contribution in [2.24, 2.45) is 0 Å². The Bertz CT molecular complexity index is 753. The Labute approximate surface area is 148 Å². The first-order valence-electron chi connectivity index (χ1n) is 8.83. The summed E-state index contributed by atoms with van der Waals surface area (Å²) in [6, 6.07) is 12.3. The van der Waals surface area contributed by atoms with Gasteiger partial charge in [-0.25, -0.2) is 4.39 Å². The number of hydrogen-bond donors (Lipinski definition) is 2. The number of nitrogens with one attached hydrogen (secondary N) is 2. The van der Waals surface area contributed by atoms with Gasteiger partial charge in [0.1, 0.15) is 11.9 Å². The van der Waals surface area contributed by atoms with Crippen LogP contribution in [0.4, 0.5) is 4.39 Å². The summed E-state index contributed by atoms with van der Waals surface area (Å²) in [7, 11) is 0. The van der Waals surface area contributed by atoms with E-state index in [1.54, 1.807) is 12.1 Å². The summed E-state index contributed by atoms with van der Waals surface area (Å²) in [5, 5.41) is 6.49. The molecule has 0 aromatic heterocycles. The monoisotopic (exact) mass is 340 g/mol. The highest BCUT2D eigenvalue weighted by molar-refractivity contribution is 5.83. The summed E-state index contributed by atoms with van der Waals surface area (Å²) in [6.07, 6.45) is 2.07. The number of rotatable bonds is 6. The number of hydrogen-bond acceptors (Lipinski definition) is 2. The molecule has 2 atom stereocenters. The molecule has 2 aromatic rings. The van der Waals surface area contributed by atoms with E-state index in [-0.39, 0.29) is 23.8 Å². The molecule has 0 spiro atoms. The van der Waals surface area contributed by atoms with E-state index in [4.69, 9.17) is 0 Å². The summed E-state index contributed by atoms with van der Waals surface area (Å²) in [6.45, 7) is 6.19. The van der Waals surface area contributed by atoms with Gasteiger partial charge in [-0.1, -0.05) is 35.9 Å². The van der Waals surface area contributed by atoms with Crippen molar-refractivity contribution in [3.8, 4) is 0 Å². The lowest BCUT2D eigenvalue weighted by Crippen LogP contribution is -2.39. The molecule has 2 aromatic carbocycles. The molecule has 1 amide bonds. The molecule has 0 radical (unpaired) electrons. The molecule has 4 heteroatoms. The van der Waals surface area contributed by atoms with Crippen LogP contribution >= 0.6 is 0 Å². The zero-order chi connectivity index (χ0) is 18.0. The minimum Gasteiger partial charge on any atom is -0.352 e. The maximum atomic E-state index is 13.3. The van der Waals surface area contributed by atoms with Crippen molar-refractivity contribution in [2.75, 3.05) is 0 Å². The molecule has 0 aliphatic heterocycles. The Balaban J connectivity index is 1.84. The average Bonchev–Trinajstić information content (AvgIpc) is 3.39. The molecular formula is C21H25FN2O. The number of aryl methyl sites for hydroxylation is 2. The van der Waals surface area contributed by atoms with E-state index in [0.29, 0.717) is 0 Å². The second-order valence-corrected chi connectivity index (χ2v) is 7.02. The van der Waals surface area contributed by atoms with Gasteiger partial charge in [0, 0.05) is 12.1 Å². The Morgan fingerprint density at radius 1 is 1.12 bits per heavy atom. The number of benzene rings is 2. The highest BCUT2D eigenvalue weighted by Crippen LogP contribution is 2.25. The fourth-order valence-corrected chi connectivity index (χ4v) is 3.06. The molecule has 1 aliphatic rings. The Hall–Kier alpha value is -2.20. The van der Waals surface area contributed by atoms with Crippen LogP contribution in [0.15, 0.2) is 42.5 Å². The highest BCUT2D eigenvalue weighted by atomic mass is 19.1. The zero-order valence-electron chi connectivity index (χ0n) is 15.0. The fourth-order valence-electron chi connectivity index (χ4n) is 3.06. The van der Waals surface area contributed by atoms with Crippen molar-refractivity contribution >= 4 is 5.91 Å². The van der Waals surface area contributed by atoms with Crippen LogP contribution < -0.4 is 10.6 Å². The summed E-state index contributed by atoms with van der Waals surface area (Å²) >= 11 is 0. The first-order valence-corrected chi connectivity index (χ1v) is 8.83. The van der Waals surface area contributed by atoms with E-state index in [1.807, 2.05) is 0 Å². The van der Waals surface area contributed by atoms with Crippen LogP contribution in [-0.4, -0.2) is 11.9 Å². The van der Waals surface area contributed by atoms with Gasteiger partial charge < -0.3 is 5.32 Å². The van der Waals surface area contributed by atoms with Crippen molar-refractivity contribution in [3.63, 3.8) is 0 Å². The number of halogens is 1. The lowest BCUT2D eigenvalue weighted by Gasteiger charge is -2.25. The summed E-state index contributed by atoms with van der Waals surface area (Å²) < 4.78 is 13.3. The van der Waals surface area contributed by atoms with Gasteiger partial charge in [0.25, 0.3) is 0 Å². The van der Waals surface area contributed by atoms with E-state index >= 15 is 0 Å². The molecule has 25 heavy (non-hydrogen) atoms. The minimum absolute atomic E-state index is 0.0000869. The maximum Gasteiger partial charge on any atom is 0.241 e. The third-order valence-electron chi connectivity index (χ3n) is 4.71. The lowest BCUT2D eigenvalue weighted by molar-refractivity contribution is -0.123. The third kappa shape index (κ3) is 4.45. The van der Waals surface area contributed by atoms with Gasteiger partial charge in [-0.3, -0.25) is 10.1 Å². The summed E-state index contributed by atoms with van der Waals surface area (Å²) in [5.74, 6) is -0.348. The van der Waals surface area contributed by atoms with Gasteiger partial charge in [-0.15, -0.1) is 0 Å². The van der Waals surface area contributed by atoms with Crippen LogP contribution in [-0.2, 0) is 4.79 Å². The average molecular weight is 340 g/mol. The van der Waals surface area contributed by atoms with Gasteiger partial charge in [0.2, 0.25) is 5.91 Å². The molecule has 0 heterocycles. The van der Waals surface area contributed by atoms with Crippen molar-refractivity contribution < 1.29 is 9.18 Å². The summed E-state index contributed by atoms with van der Waals surface area (Å²) in [5.41, 5.74) is 4.32. The molecule has 2 N–H and O–H groups in total. The van der Waals surface area contributed by atoms with Crippen LogP contribution in [0.5, 0.6) is 0 Å². The number of amides is 1. The Morgan fingerprint density at radius 3 is 2.44 bits per heavy atom. The van der Waals surface area contributed by atoms with Gasteiger partial charge in [0.15, 0.2) is 0 Å². The minimum atomic E-state index is -0.504. The van der Waals surface area contributed by atoms with E-state index in [0.717, 1.165) is 18.4 Å². The predicted octanol–water partition coefficient (Wildman–Crippen LogP) is 4.11. The molecule has 0 saturated heterocycles. The zero-order valence-corrected chi connectivity index (χ0v) is 15.0. The molecule has 132 valence electrons. The van der Waals surface area contributed by atoms with Gasteiger partial charge >= 0.3 is 0 Å². The molecule has 3 nitrogen and oxygen atoms in total. The van der Waals surface area contributed by atoms with Crippen LogP contribution in [0.3, 0.4) is 0 Å². The van der Waals surface area contributed by atoms with E-state index in [2.05, 4.69) is 49.6 Å². The summed E-state index contributed by atoms with van der Waals surface area (Å²) in [4.78, 5) is 12.7. The molecular weight excluding hydrogens is 315 g/mol. The molecule has 1 aliphatic carbocycles. The number of carbonyl (C=O) groups is 1. The standard InChI is InChI=1S/C21H25FN2O/c1-13-4-5-14(2)19(12-13)15(3)23-20(21(25)24-18-10-11-18)16-6-8-17(22)9-7-16/h4-9,12,15,18,20,23H,10-11H2,1-3H3,(H,24,25)/t15-,20+/m0/s1. The first kappa shape index (κ1) is 17.6. The molecule has 0 unspecified atom stereocenters. The topological polar surface area (TPSA) is 41.1 Å². The molecule has 0 bridgehead atoms. The second kappa shape index (κ2) is 7.36. The van der Waals surface area contributed by atoms with Crippen molar-refractivity contribution in [3.05, 3.63) is 70.5 Å². The van der Waals surface area contributed by atoms with E-state index in [9.17, 15) is 9.18 Å². The predicted molar refractivity (Wildman–Crippen MR) is 97.8 cm³/mol. The third-order valence-corrected chi connectivity index (χ3v) is 4.71. The number of carbonyl (C=O) groups excluding carboxylic acids is 1. The fraction of sp³-hybridized carbons (Fsp3) is 0.381. The van der Waals surface area contributed by atoms with Crippen molar-refractivity contribution in [2.45, 2.75) is 51.7 Å². The quantitative estimate of drug-likeness (QED) is 0.831. The van der Waals surface area contributed by atoms with Gasteiger partial charge in [0.05, 0.1) is 0 Å². The van der Waals surface area contributed by atoms with Crippen LogP contribution in [0, 0.1) is 19.7 Å². The first-order chi connectivity index (χ1) is 11.9. The van der Waals surface area contributed by atoms with Gasteiger partial charge in [-0.05, 0) is 62.4 Å². The smallest absolute Gasteiger partial charge is 0.241 e. The van der Waals surface area contributed by atoms with Crippen molar-refractivity contribution in [1.82, 2.24) is 10.6 Å². The second-order valence-electron chi connectivity index (χ2n) is 7.02. The largest absolute Gasteiger partial charge is 0.352 e. The lowest BCUT2D eigenvalue weighted by atomic mass is 9.97. The Kier molecular flexibility index (Phi) is 5.19. The Morgan fingerprint density at radius 2 is 1.80 bits per heavy atom. The normalized spacial score (nSPS) is 16.3. The van der Waals surface area contributed by atoms with Crippen molar-refractivity contribution in [1.29, 1.82) is 0 Å². The highest BCUT2D eigenvalue weighted by Gasteiger charge is 2.29. The molecule has 1 fully saturated rings. The van der Waals surface area contributed by atoms with Crippen LogP contribution in [0.2, 0.25) is 0 Å².